The van der Waals surface area contributed by atoms with Crippen molar-refractivity contribution in [2.75, 3.05) is 18.5 Å². The largest absolute Gasteiger partial charge is 0.462 e. The van der Waals surface area contributed by atoms with Gasteiger partial charge in [-0.25, -0.2) is 9.59 Å². The fourth-order valence-electron chi connectivity index (χ4n) is 2.37. The SMILES string of the molecule is CCOC(=O)c1ccccc1NC(=O)NCCc1cccc(C(F)(F)F)c1. The molecule has 0 unspecified atom stereocenters. The van der Waals surface area contributed by atoms with Crippen LogP contribution >= 0.6 is 0 Å². The van der Waals surface area contributed by atoms with Gasteiger partial charge < -0.3 is 15.4 Å². The molecule has 2 rings (SSSR count). The number of benzene rings is 2. The Labute approximate surface area is 154 Å². The van der Waals surface area contributed by atoms with Gasteiger partial charge in [-0.1, -0.05) is 30.3 Å². The first-order chi connectivity index (χ1) is 12.8. The molecule has 27 heavy (non-hydrogen) atoms. The molecule has 0 radical (unpaired) electrons. The molecule has 0 aromatic heterocycles. The Hall–Kier alpha value is -3.03. The molecule has 0 heterocycles. The molecule has 0 atom stereocenters. The highest BCUT2D eigenvalue weighted by Crippen LogP contribution is 2.29. The summed E-state index contributed by atoms with van der Waals surface area (Å²) >= 11 is 0. The number of ether oxygens (including phenoxy) is 1. The number of hydrogen-bond acceptors (Lipinski definition) is 3. The van der Waals surface area contributed by atoms with Crippen molar-refractivity contribution in [2.45, 2.75) is 19.5 Å². The lowest BCUT2D eigenvalue weighted by molar-refractivity contribution is -0.137. The molecular formula is C19H19F3N2O3. The zero-order valence-corrected chi connectivity index (χ0v) is 14.6. The smallest absolute Gasteiger partial charge is 0.416 e. The van der Waals surface area contributed by atoms with Gasteiger partial charge >= 0.3 is 18.2 Å². The van der Waals surface area contributed by atoms with Crippen molar-refractivity contribution in [3.05, 3.63) is 65.2 Å². The van der Waals surface area contributed by atoms with E-state index in [-0.39, 0.29) is 30.8 Å². The maximum absolute atomic E-state index is 12.7. The molecule has 2 N–H and O–H groups in total. The molecular weight excluding hydrogens is 361 g/mol. The minimum Gasteiger partial charge on any atom is -0.462 e. The van der Waals surface area contributed by atoms with Crippen LogP contribution in [0.2, 0.25) is 0 Å². The van der Waals surface area contributed by atoms with Crippen LogP contribution in [0.15, 0.2) is 48.5 Å². The van der Waals surface area contributed by atoms with Gasteiger partial charge in [-0.2, -0.15) is 13.2 Å². The lowest BCUT2D eigenvalue weighted by Crippen LogP contribution is -2.31. The van der Waals surface area contributed by atoms with Crippen molar-refractivity contribution in [3.63, 3.8) is 0 Å². The molecule has 0 aliphatic rings. The minimum atomic E-state index is -4.41. The first kappa shape index (κ1) is 20.3. The molecule has 144 valence electrons. The van der Waals surface area contributed by atoms with Crippen molar-refractivity contribution >= 4 is 17.7 Å². The fraction of sp³-hybridized carbons (Fsp3) is 0.263. The molecule has 2 aromatic rings. The monoisotopic (exact) mass is 380 g/mol. The molecule has 0 spiro atoms. The van der Waals surface area contributed by atoms with Crippen LogP contribution in [0, 0.1) is 0 Å². The number of nitrogens with one attached hydrogen (secondary N) is 2. The van der Waals surface area contributed by atoms with E-state index < -0.39 is 23.7 Å². The second-order valence-electron chi connectivity index (χ2n) is 5.60. The van der Waals surface area contributed by atoms with Crippen molar-refractivity contribution in [1.29, 1.82) is 0 Å². The van der Waals surface area contributed by atoms with E-state index in [2.05, 4.69) is 10.6 Å². The summed E-state index contributed by atoms with van der Waals surface area (Å²) in [6.07, 6.45) is -4.17. The number of alkyl halides is 3. The highest BCUT2D eigenvalue weighted by atomic mass is 19.4. The standard InChI is InChI=1S/C19H19F3N2O3/c1-2-27-17(25)15-8-3-4-9-16(15)24-18(26)23-11-10-13-6-5-7-14(12-13)19(20,21)22/h3-9,12H,2,10-11H2,1H3,(H2,23,24,26). The van der Waals surface area contributed by atoms with E-state index in [0.29, 0.717) is 5.56 Å². The molecule has 2 aromatic carbocycles. The summed E-state index contributed by atoms with van der Waals surface area (Å²) in [5, 5.41) is 5.09. The summed E-state index contributed by atoms with van der Waals surface area (Å²) in [6.45, 7) is 2.01. The summed E-state index contributed by atoms with van der Waals surface area (Å²) in [5.74, 6) is -0.558. The van der Waals surface area contributed by atoms with Crippen molar-refractivity contribution in [3.8, 4) is 0 Å². The normalized spacial score (nSPS) is 11.0. The molecule has 0 saturated carbocycles. The van der Waals surface area contributed by atoms with Crippen LogP contribution in [0.3, 0.4) is 0 Å². The number of amides is 2. The second kappa shape index (κ2) is 9.07. The second-order valence-corrected chi connectivity index (χ2v) is 5.60. The Bertz CT molecular complexity index is 807. The maximum Gasteiger partial charge on any atom is 0.416 e. The van der Waals surface area contributed by atoms with E-state index in [4.69, 9.17) is 4.74 Å². The summed E-state index contributed by atoms with van der Waals surface area (Å²) in [5.41, 5.74) is 0.227. The number of urea groups is 1. The molecule has 0 aliphatic carbocycles. The third-order valence-corrected chi connectivity index (χ3v) is 3.62. The van der Waals surface area contributed by atoms with Gasteiger partial charge in [-0.15, -0.1) is 0 Å². The predicted molar refractivity (Wildman–Crippen MR) is 94.6 cm³/mol. The van der Waals surface area contributed by atoms with Gasteiger partial charge in [0, 0.05) is 6.54 Å². The van der Waals surface area contributed by atoms with E-state index in [9.17, 15) is 22.8 Å². The van der Waals surface area contributed by atoms with Crippen molar-refractivity contribution in [2.24, 2.45) is 0 Å². The third kappa shape index (κ3) is 6.02. The molecule has 0 aliphatic heterocycles. The predicted octanol–water partition coefficient (Wildman–Crippen LogP) is 4.25. The van der Waals surface area contributed by atoms with Gasteiger partial charge in [0.05, 0.1) is 23.4 Å². The Balaban J connectivity index is 1.92. The number of carbonyl (C=O) groups excluding carboxylic acids is 2. The van der Waals surface area contributed by atoms with Crippen LogP contribution in [-0.2, 0) is 17.3 Å². The van der Waals surface area contributed by atoms with Crippen LogP contribution in [0.4, 0.5) is 23.7 Å². The number of halogens is 3. The Kier molecular flexibility index (Phi) is 6.81. The van der Waals surface area contributed by atoms with Crippen LogP contribution in [0.25, 0.3) is 0 Å². The van der Waals surface area contributed by atoms with Crippen LogP contribution in [0.1, 0.15) is 28.4 Å². The topological polar surface area (TPSA) is 67.4 Å². The summed E-state index contributed by atoms with van der Waals surface area (Å²) in [4.78, 5) is 23.9. The number of esters is 1. The van der Waals surface area contributed by atoms with Gasteiger partial charge in [0.2, 0.25) is 0 Å². The van der Waals surface area contributed by atoms with Crippen LogP contribution in [0.5, 0.6) is 0 Å². The average Bonchev–Trinajstić information content (AvgIpc) is 2.62. The molecule has 8 heteroatoms. The highest BCUT2D eigenvalue weighted by Gasteiger charge is 2.30. The molecule has 5 nitrogen and oxygen atoms in total. The molecule has 0 saturated heterocycles. The van der Waals surface area contributed by atoms with E-state index in [1.54, 1.807) is 31.2 Å². The lowest BCUT2D eigenvalue weighted by Gasteiger charge is -2.12. The van der Waals surface area contributed by atoms with Crippen LogP contribution in [-0.4, -0.2) is 25.2 Å². The van der Waals surface area contributed by atoms with Gasteiger partial charge in [0.25, 0.3) is 0 Å². The number of para-hydroxylation sites is 1. The number of rotatable bonds is 6. The Morgan fingerprint density at radius 3 is 2.52 bits per heavy atom. The van der Waals surface area contributed by atoms with Crippen LogP contribution < -0.4 is 10.6 Å². The average molecular weight is 380 g/mol. The Morgan fingerprint density at radius 1 is 1.07 bits per heavy atom. The fourth-order valence-corrected chi connectivity index (χ4v) is 2.37. The first-order valence-corrected chi connectivity index (χ1v) is 8.28. The summed E-state index contributed by atoms with van der Waals surface area (Å²) in [6, 6.07) is 10.7. The van der Waals surface area contributed by atoms with E-state index >= 15 is 0 Å². The molecule has 0 bridgehead atoms. The maximum atomic E-state index is 12.7. The summed E-state index contributed by atoms with van der Waals surface area (Å²) in [7, 11) is 0. The molecule has 2 amide bonds. The lowest BCUT2D eigenvalue weighted by atomic mass is 10.1. The van der Waals surface area contributed by atoms with Gasteiger partial charge in [0.1, 0.15) is 0 Å². The number of anilines is 1. The van der Waals surface area contributed by atoms with Crippen molar-refractivity contribution in [1.82, 2.24) is 5.32 Å². The summed E-state index contributed by atoms with van der Waals surface area (Å²) < 4.78 is 43.0. The minimum absolute atomic E-state index is 0.134. The first-order valence-electron chi connectivity index (χ1n) is 8.28. The van der Waals surface area contributed by atoms with Gasteiger partial charge in [-0.3, -0.25) is 0 Å². The third-order valence-electron chi connectivity index (χ3n) is 3.62. The quantitative estimate of drug-likeness (QED) is 0.737. The van der Waals surface area contributed by atoms with E-state index in [0.717, 1.165) is 12.1 Å². The number of hydrogen-bond donors (Lipinski definition) is 2. The van der Waals surface area contributed by atoms with Gasteiger partial charge in [-0.05, 0) is 37.1 Å². The van der Waals surface area contributed by atoms with E-state index in [1.165, 1.54) is 12.1 Å². The Morgan fingerprint density at radius 2 is 1.81 bits per heavy atom. The van der Waals surface area contributed by atoms with Gasteiger partial charge in [0.15, 0.2) is 0 Å². The number of carbonyl (C=O) groups is 2. The van der Waals surface area contributed by atoms with E-state index in [1.807, 2.05) is 0 Å². The zero-order valence-electron chi connectivity index (χ0n) is 14.6. The van der Waals surface area contributed by atoms with Crippen molar-refractivity contribution < 1.29 is 27.5 Å². The highest BCUT2D eigenvalue weighted by molar-refractivity contribution is 6.00. The molecule has 0 fully saturated rings. The zero-order chi connectivity index (χ0) is 19.9.